The Morgan fingerprint density at radius 3 is 2.34 bits per heavy atom. The van der Waals surface area contributed by atoms with Crippen molar-refractivity contribution < 1.29 is 13.6 Å². The molecule has 2 aromatic heterocycles. The van der Waals surface area contributed by atoms with Crippen LogP contribution in [0.4, 0.5) is 0 Å². The monoisotopic (exact) mass is 515 g/mol. The fourth-order valence-electron chi connectivity index (χ4n) is 4.74. The minimum atomic E-state index is -0.369. The summed E-state index contributed by atoms with van der Waals surface area (Å²) in [7, 11) is 0. The van der Waals surface area contributed by atoms with Crippen LogP contribution in [0.2, 0.25) is 5.02 Å². The van der Waals surface area contributed by atoms with E-state index in [1.54, 1.807) is 12.3 Å². The summed E-state index contributed by atoms with van der Waals surface area (Å²) < 4.78 is 12.1. The number of benzene rings is 4. The van der Waals surface area contributed by atoms with Crippen molar-refractivity contribution >= 4 is 45.1 Å². The van der Waals surface area contributed by atoms with Crippen molar-refractivity contribution in [1.82, 2.24) is 5.43 Å². The summed E-state index contributed by atoms with van der Waals surface area (Å²) in [5.74, 6) is -0.369. The van der Waals surface area contributed by atoms with Gasteiger partial charge in [0.25, 0.3) is 5.91 Å². The van der Waals surface area contributed by atoms with Crippen LogP contribution in [-0.2, 0) is 4.79 Å². The molecular weight excluding hydrogens is 498 g/mol. The van der Waals surface area contributed by atoms with Crippen molar-refractivity contribution in [3.63, 3.8) is 0 Å². The van der Waals surface area contributed by atoms with Gasteiger partial charge in [0.05, 0.1) is 11.6 Å². The van der Waals surface area contributed by atoms with Crippen LogP contribution in [0.15, 0.2) is 122 Å². The van der Waals surface area contributed by atoms with Crippen LogP contribution < -0.4 is 21.6 Å². The number of para-hydroxylation sites is 1. The van der Waals surface area contributed by atoms with Crippen LogP contribution >= 0.6 is 11.6 Å². The number of carbonyl (C=O) groups is 1. The molecule has 0 bridgehead atoms. The molecule has 1 amide bonds. The number of furan rings is 1. The zero-order valence-electron chi connectivity index (χ0n) is 19.8. The fraction of sp³-hybridized carbons (Fsp3) is 0. The molecule has 182 valence electrons. The van der Waals surface area contributed by atoms with Crippen molar-refractivity contribution in [3.8, 4) is 22.3 Å². The van der Waals surface area contributed by atoms with E-state index in [-0.39, 0.29) is 5.91 Å². The summed E-state index contributed by atoms with van der Waals surface area (Å²) in [5, 5.41) is 8.30. The SMILES string of the molecule is O=C1N=c2ccccc2=C1N/N=c1/cc(-c2ccccc2)c2cc3c(-c4ccc(Cl)cc4)coc3cc2o1. The molecule has 38 heavy (non-hydrogen) atoms. The number of amides is 1. The van der Waals surface area contributed by atoms with Gasteiger partial charge >= 0.3 is 0 Å². The zero-order valence-corrected chi connectivity index (χ0v) is 20.6. The molecule has 7 heteroatoms. The summed E-state index contributed by atoms with van der Waals surface area (Å²) in [4.78, 5) is 16.5. The minimum absolute atomic E-state index is 0.310. The van der Waals surface area contributed by atoms with Crippen LogP contribution in [0.3, 0.4) is 0 Å². The van der Waals surface area contributed by atoms with E-state index in [2.05, 4.69) is 21.6 Å². The molecule has 6 nitrogen and oxygen atoms in total. The first-order valence-corrected chi connectivity index (χ1v) is 12.3. The molecule has 6 aromatic rings. The van der Waals surface area contributed by atoms with Gasteiger partial charge in [0.15, 0.2) is 0 Å². The highest BCUT2D eigenvalue weighted by Gasteiger charge is 2.17. The summed E-state index contributed by atoms with van der Waals surface area (Å²) in [5.41, 5.74) is 8.70. The van der Waals surface area contributed by atoms with Crippen LogP contribution in [0, 0.1) is 0 Å². The van der Waals surface area contributed by atoms with Crippen molar-refractivity contribution in [3.05, 3.63) is 124 Å². The molecule has 7 rings (SSSR count). The second-order valence-electron chi connectivity index (χ2n) is 8.90. The van der Waals surface area contributed by atoms with Gasteiger partial charge in [-0.15, -0.1) is 5.10 Å². The Morgan fingerprint density at radius 1 is 0.763 bits per heavy atom. The van der Waals surface area contributed by atoms with Gasteiger partial charge in [-0.1, -0.05) is 72.3 Å². The molecule has 1 aliphatic heterocycles. The summed E-state index contributed by atoms with van der Waals surface area (Å²) in [6.45, 7) is 0. The molecule has 0 unspecified atom stereocenters. The van der Waals surface area contributed by atoms with Crippen LogP contribution in [-0.4, -0.2) is 5.91 Å². The van der Waals surface area contributed by atoms with E-state index in [9.17, 15) is 4.79 Å². The third kappa shape index (κ3) is 3.79. The average Bonchev–Trinajstić information content (AvgIpc) is 3.50. The molecular formula is C31H18ClN3O3. The van der Waals surface area contributed by atoms with Crippen LogP contribution in [0.5, 0.6) is 0 Å². The maximum absolute atomic E-state index is 12.5. The molecule has 1 N–H and O–H groups in total. The molecule has 1 aliphatic rings. The molecule has 0 fully saturated rings. The van der Waals surface area contributed by atoms with E-state index < -0.39 is 0 Å². The third-order valence-electron chi connectivity index (χ3n) is 6.58. The van der Waals surface area contributed by atoms with Crippen molar-refractivity contribution in [1.29, 1.82) is 0 Å². The lowest BCUT2D eigenvalue weighted by molar-refractivity contribution is -0.113. The first-order valence-electron chi connectivity index (χ1n) is 12.0. The van der Waals surface area contributed by atoms with Gasteiger partial charge < -0.3 is 8.83 Å². The highest BCUT2D eigenvalue weighted by Crippen LogP contribution is 2.36. The Kier molecular flexibility index (Phi) is 5.20. The number of hydrogen-bond donors (Lipinski definition) is 1. The van der Waals surface area contributed by atoms with Crippen molar-refractivity contribution in [2.45, 2.75) is 0 Å². The van der Waals surface area contributed by atoms with E-state index in [4.69, 9.17) is 20.4 Å². The second-order valence-corrected chi connectivity index (χ2v) is 9.33. The van der Waals surface area contributed by atoms with Crippen LogP contribution in [0.1, 0.15) is 0 Å². The number of rotatable bonds is 4. The molecule has 4 aromatic carbocycles. The van der Waals surface area contributed by atoms with Gasteiger partial charge in [-0.25, -0.2) is 4.99 Å². The smallest absolute Gasteiger partial charge is 0.296 e. The lowest BCUT2D eigenvalue weighted by Gasteiger charge is -2.08. The van der Waals surface area contributed by atoms with Crippen molar-refractivity contribution in [2.24, 2.45) is 10.1 Å². The van der Waals surface area contributed by atoms with Gasteiger partial charge in [-0.2, -0.15) is 0 Å². The number of fused-ring (bicyclic) bond motifs is 3. The van der Waals surface area contributed by atoms with Gasteiger partial charge in [-0.05, 0) is 41.0 Å². The Balaban J connectivity index is 1.43. The third-order valence-corrected chi connectivity index (χ3v) is 6.83. The highest BCUT2D eigenvalue weighted by atomic mass is 35.5. The van der Waals surface area contributed by atoms with Gasteiger partial charge in [0, 0.05) is 38.7 Å². The molecule has 0 atom stereocenters. The maximum atomic E-state index is 12.5. The van der Waals surface area contributed by atoms with E-state index in [0.29, 0.717) is 38.0 Å². The number of hydrogen-bond acceptors (Lipinski definition) is 5. The van der Waals surface area contributed by atoms with Crippen LogP contribution in [0.25, 0.3) is 49.9 Å². The number of nitrogens with one attached hydrogen (secondary N) is 1. The largest absolute Gasteiger partial charge is 0.464 e. The lowest BCUT2D eigenvalue weighted by Crippen LogP contribution is -2.27. The first kappa shape index (κ1) is 22.3. The van der Waals surface area contributed by atoms with Gasteiger partial charge in [0.2, 0.25) is 5.55 Å². The molecule has 0 saturated carbocycles. The molecule has 3 heterocycles. The van der Waals surface area contributed by atoms with Crippen molar-refractivity contribution in [2.75, 3.05) is 0 Å². The van der Waals surface area contributed by atoms with Gasteiger partial charge in [-0.3, -0.25) is 10.2 Å². The standard InChI is InChI=1S/C31H18ClN3O3/c32-20-12-10-19(11-13-20)25-17-37-27-16-28-23(14-24(25)27)22(18-6-2-1-3-7-18)15-29(38-28)34-35-30-21-8-4-5-9-26(21)33-31(30)36/h1-17H,(H,33,35,36)/b34-29-. The predicted molar refractivity (Wildman–Crippen MR) is 146 cm³/mol. The fourth-order valence-corrected chi connectivity index (χ4v) is 4.87. The summed E-state index contributed by atoms with van der Waals surface area (Å²) in [6.07, 6.45) is 1.74. The lowest BCUT2D eigenvalue weighted by atomic mass is 9.98. The van der Waals surface area contributed by atoms with E-state index in [1.165, 1.54) is 0 Å². The first-order chi connectivity index (χ1) is 18.6. The summed E-state index contributed by atoms with van der Waals surface area (Å²) >= 11 is 6.10. The van der Waals surface area contributed by atoms with Gasteiger partial charge in [0.1, 0.15) is 16.9 Å². The normalized spacial score (nSPS) is 13.2. The van der Waals surface area contributed by atoms with E-state index in [0.717, 1.165) is 33.0 Å². The Bertz CT molecular complexity index is 2080. The Hall–Kier alpha value is -4.94. The molecule has 0 radical (unpaired) electrons. The van der Waals surface area contributed by atoms with E-state index in [1.807, 2.05) is 84.9 Å². The topological polar surface area (TPSA) is 80.1 Å². The quantitative estimate of drug-likeness (QED) is 0.313. The zero-order chi connectivity index (χ0) is 25.6. The molecule has 0 saturated heterocycles. The molecule has 0 aliphatic carbocycles. The maximum Gasteiger partial charge on any atom is 0.296 e. The predicted octanol–water partition coefficient (Wildman–Crippen LogP) is 5.54. The number of halogens is 1. The molecule has 0 spiro atoms. The van der Waals surface area contributed by atoms with E-state index >= 15 is 0 Å². The highest BCUT2D eigenvalue weighted by molar-refractivity contribution is 6.30. The number of carbonyl (C=O) groups excluding carboxylic acids is 1. The number of nitrogens with zero attached hydrogens (tertiary/aromatic N) is 2. The average molecular weight is 516 g/mol. The Morgan fingerprint density at radius 2 is 1.50 bits per heavy atom. The summed E-state index contributed by atoms with van der Waals surface area (Å²) in [6, 6.07) is 30.8. The Labute approximate surface area is 220 Å². The second kappa shape index (κ2) is 8.87. The minimum Gasteiger partial charge on any atom is -0.464 e.